The third-order valence-electron chi connectivity index (χ3n) is 5.48. The molecule has 1 aliphatic heterocycles. The van der Waals surface area contributed by atoms with E-state index < -0.39 is 0 Å². The van der Waals surface area contributed by atoms with Crippen molar-refractivity contribution < 1.29 is 9.53 Å². The number of nitrogens with zero attached hydrogens (tertiary/aromatic N) is 4. The predicted octanol–water partition coefficient (Wildman–Crippen LogP) is 3.79. The zero-order chi connectivity index (χ0) is 20.2. The summed E-state index contributed by atoms with van der Waals surface area (Å²) in [5.74, 6) is 0.907. The first-order valence-corrected chi connectivity index (χ1v) is 10.0. The Morgan fingerprint density at radius 3 is 2.83 bits per heavy atom. The van der Waals surface area contributed by atoms with Gasteiger partial charge in [-0.05, 0) is 54.7 Å². The van der Waals surface area contributed by atoms with Crippen molar-refractivity contribution in [3.8, 4) is 16.9 Å². The molecule has 1 aromatic carbocycles. The first-order chi connectivity index (χ1) is 14.2. The highest BCUT2D eigenvalue weighted by atomic mass is 16.5. The molecule has 0 N–H and O–H groups in total. The zero-order valence-electron chi connectivity index (χ0n) is 16.9. The lowest BCUT2D eigenvalue weighted by atomic mass is 9.94. The van der Waals surface area contributed by atoms with Crippen molar-refractivity contribution >= 4 is 5.91 Å². The molecule has 6 heteroatoms. The molecule has 0 spiro atoms. The normalized spacial score (nSPS) is 16.6. The number of hydrogen-bond donors (Lipinski definition) is 0. The Hall–Kier alpha value is -3.15. The number of aromatic nitrogens is 3. The Balaban J connectivity index is 1.62. The minimum atomic E-state index is -0.00813. The lowest BCUT2D eigenvalue weighted by molar-refractivity contribution is -0.134. The molecule has 0 saturated carbocycles. The third kappa shape index (κ3) is 4.16. The maximum atomic E-state index is 13.2. The second kappa shape index (κ2) is 8.47. The van der Waals surface area contributed by atoms with E-state index in [9.17, 15) is 4.79 Å². The van der Waals surface area contributed by atoms with Crippen LogP contribution in [0.1, 0.15) is 36.6 Å². The van der Waals surface area contributed by atoms with Gasteiger partial charge in [-0.1, -0.05) is 12.1 Å². The van der Waals surface area contributed by atoms with E-state index >= 15 is 0 Å². The molecule has 4 rings (SSSR count). The summed E-state index contributed by atoms with van der Waals surface area (Å²) in [6, 6.07) is 11.7. The molecule has 1 unspecified atom stereocenters. The van der Waals surface area contributed by atoms with Crippen LogP contribution in [0.4, 0.5) is 0 Å². The molecule has 1 aliphatic rings. The molecule has 3 heterocycles. The van der Waals surface area contributed by atoms with E-state index in [1.807, 2.05) is 59.2 Å². The van der Waals surface area contributed by atoms with Crippen LogP contribution in [-0.4, -0.2) is 39.2 Å². The molecule has 3 aromatic rings. The van der Waals surface area contributed by atoms with Crippen molar-refractivity contribution in [2.45, 2.75) is 31.7 Å². The first-order valence-electron chi connectivity index (χ1n) is 10.0. The highest BCUT2D eigenvalue weighted by Gasteiger charge is 2.31. The SMILES string of the molecule is COc1cccc(CC(=O)N2CCCCC2c2nn(C)cc2-c2ccncc2)c1. The van der Waals surface area contributed by atoms with E-state index in [-0.39, 0.29) is 11.9 Å². The van der Waals surface area contributed by atoms with Crippen LogP contribution in [0, 0.1) is 0 Å². The number of aryl methyl sites for hydroxylation is 1. The van der Waals surface area contributed by atoms with Gasteiger partial charge in [-0.25, -0.2) is 0 Å². The summed E-state index contributed by atoms with van der Waals surface area (Å²) in [5.41, 5.74) is 4.08. The molecule has 0 radical (unpaired) electrons. The van der Waals surface area contributed by atoms with Gasteiger partial charge < -0.3 is 9.64 Å². The van der Waals surface area contributed by atoms with Gasteiger partial charge in [-0.3, -0.25) is 14.5 Å². The van der Waals surface area contributed by atoms with Gasteiger partial charge >= 0.3 is 0 Å². The number of ether oxygens (including phenoxy) is 1. The number of pyridine rings is 1. The van der Waals surface area contributed by atoms with Gasteiger partial charge in [0.05, 0.1) is 25.3 Å². The van der Waals surface area contributed by atoms with Crippen LogP contribution < -0.4 is 4.74 Å². The Morgan fingerprint density at radius 2 is 2.03 bits per heavy atom. The molecule has 1 atom stereocenters. The maximum Gasteiger partial charge on any atom is 0.227 e. The van der Waals surface area contributed by atoms with Gasteiger partial charge in [0.15, 0.2) is 0 Å². The van der Waals surface area contributed by atoms with Crippen LogP contribution in [0.25, 0.3) is 11.1 Å². The minimum Gasteiger partial charge on any atom is -0.497 e. The van der Waals surface area contributed by atoms with E-state index in [2.05, 4.69) is 4.98 Å². The standard InChI is InChI=1S/C23H26N4O2/c1-26-16-20(18-9-11-24-12-10-18)23(25-26)21-8-3-4-13-27(21)22(28)15-17-6-5-7-19(14-17)29-2/h5-7,9-12,14,16,21H,3-4,8,13,15H2,1-2H3. The van der Waals surface area contributed by atoms with Crippen LogP contribution in [0.15, 0.2) is 55.0 Å². The zero-order valence-corrected chi connectivity index (χ0v) is 16.9. The molecule has 1 fully saturated rings. The number of piperidine rings is 1. The number of hydrogen-bond acceptors (Lipinski definition) is 4. The van der Waals surface area contributed by atoms with Crippen LogP contribution in [0.3, 0.4) is 0 Å². The molecule has 6 nitrogen and oxygen atoms in total. The summed E-state index contributed by atoms with van der Waals surface area (Å²) >= 11 is 0. The molecular weight excluding hydrogens is 364 g/mol. The van der Waals surface area contributed by atoms with Crippen molar-refractivity contribution in [3.05, 3.63) is 66.2 Å². The lowest BCUT2D eigenvalue weighted by Crippen LogP contribution is -2.39. The van der Waals surface area contributed by atoms with Gasteiger partial charge in [0.25, 0.3) is 0 Å². The Labute approximate surface area is 171 Å². The summed E-state index contributed by atoms with van der Waals surface area (Å²) in [6.07, 6.45) is 9.03. The Bertz CT molecular complexity index is 984. The van der Waals surface area contributed by atoms with E-state index in [0.29, 0.717) is 6.42 Å². The number of carbonyl (C=O) groups is 1. The second-order valence-electron chi connectivity index (χ2n) is 7.46. The van der Waals surface area contributed by atoms with Crippen molar-refractivity contribution in [2.75, 3.05) is 13.7 Å². The molecule has 1 saturated heterocycles. The Morgan fingerprint density at radius 1 is 1.21 bits per heavy atom. The van der Waals surface area contributed by atoms with Gasteiger partial charge in [-0.2, -0.15) is 5.10 Å². The lowest BCUT2D eigenvalue weighted by Gasteiger charge is -2.35. The predicted molar refractivity (Wildman–Crippen MR) is 111 cm³/mol. The third-order valence-corrected chi connectivity index (χ3v) is 5.48. The largest absolute Gasteiger partial charge is 0.497 e. The average Bonchev–Trinajstić information content (AvgIpc) is 3.16. The number of likely N-dealkylation sites (tertiary alicyclic amines) is 1. The van der Waals surface area contributed by atoms with E-state index in [1.165, 1.54) is 0 Å². The summed E-state index contributed by atoms with van der Waals surface area (Å²) in [7, 11) is 3.57. The summed E-state index contributed by atoms with van der Waals surface area (Å²) < 4.78 is 7.13. The van der Waals surface area contributed by atoms with Crippen LogP contribution in [0.5, 0.6) is 5.75 Å². The second-order valence-corrected chi connectivity index (χ2v) is 7.46. The maximum absolute atomic E-state index is 13.2. The summed E-state index contributed by atoms with van der Waals surface area (Å²) in [4.78, 5) is 19.4. The Kier molecular flexibility index (Phi) is 5.60. The number of methoxy groups -OCH3 is 1. The van der Waals surface area contributed by atoms with E-state index in [0.717, 1.165) is 53.9 Å². The number of amides is 1. The molecule has 0 aliphatic carbocycles. The quantitative estimate of drug-likeness (QED) is 0.665. The van der Waals surface area contributed by atoms with E-state index in [1.54, 1.807) is 19.5 Å². The van der Waals surface area contributed by atoms with Crippen LogP contribution in [0.2, 0.25) is 0 Å². The highest BCUT2D eigenvalue weighted by molar-refractivity contribution is 5.80. The van der Waals surface area contributed by atoms with Crippen LogP contribution >= 0.6 is 0 Å². The van der Waals surface area contributed by atoms with Gasteiger partial charge in [-0.15, -0.1) is 0 Å². The van der Waals surface area contributed by atoms with Crippen molar-refractivity contribution in [3.63, 3.8) is 0 Å². The summed E-state index contributed by atoms with van der Waals surface area (Å²) in [6.45, 7) is 0.764. The number of rotatable bonds is 5. The monoisotopic (exact) mass is 390 g/mol. The molecule has 0 bridgehead atoms. The fourth-order valence-corrected chi connectivity index (χ4v) is 4.08. The summed E-state index contributed by atoms with van der Waals surface area (Å²) in [5, 5.41) is 4.76. The average molecular weight is 390 g/mol. The van der Waals surface area contributed by atoms with Gasteiger partial charge in [0.2, 0.25) is 5.91 Å². The molecule has 29 heavy (non-hydrogen) atoms. The van der Waals surface area contributed by atoms with Crippen molar-refractivity contribution in [1.82, 2.24) is 19.7 Å². The number of benzene rings is 1. The minimum absolute atomic E-state index is 0.00813. The highest BCUT2D eigenvalue weighted by Crippen LogP contribution is 2.36. The smallest absolute Gasteiger partial charge is 0.227 e. The number of carbonyl (C=O) groups excluding carboxylic acids is 1. The molecule has 2 aromatic heterocycles. The van der Waals surface area contributed by atoms with Crippen molar-refractivity contribution in [2.24, 2.45) is 7.05 Å². The van der Waals surface area contributed by atoms with Gasteiger partial charge in [0, 0.05) is 37.7 Å². The van der Waals surface area contributed by atoms with Gasteiger partial charge in [0.1, 0.15) is 5.75 Å². The van der Waals surface area contributed by atoms with Crippen LogP contribution in [-0.2, 0) is 18.3 Å². The first kappa shape index (κ1) is 19.2. The fraction of sp³-hybridized carbons (Fsp3) is 0.348. The van der Waals surface area contributed by atoms with E-state index in [4.69, 9.17) is 9.84 Å². The fourth-order valence-electron chi connectivity index (χ4n) is 4.08. The van der Waals surface area contributed by atoms with Crippen molar-refractivity contribution in [1.29, 1.82) is 0 Å². The molecular formula is C23H26N4O2. The topological polar surface area (TPSA) is 60.2 Å². The molecule has 150 valence electrons. The molecule has 1 amide bonds.